The molecule has 0 radical (unpaired) electrons. The van der Waals surface area contributed by atoms with E-state index in [9.17, 15) is 14.4 Å². The summed E-state index contributed by atoms with van der Waals surface area (Å²) in [6.07, 6.45) is 5.10. The van der Waals surface area contributed by atoms with Crippen LogP contribution in [0.4, 0.5) is 0 Å². The summed E-state index contributed by atoms with van der Waals surface area (Å²) in [5, 5.41) is 0. The van der Waals surface area contributed by atoms with Crippen molar-refractivity contribution in [1.29, 1.82) is 0 Å². The Bertz CT molecular complexity index is 454. The Morgan fingerprint density at radius 3 is 2.64 bits per heavy atom. The second-order valence-corrected chi connectivity index (χ2v) is 7.76. The van der Waals surface area contributed by atoms with Crippen LogP contribution in [0.1, 0.15) is 65.7 Å². The van der Waals surface area contributed by atoms with Gasteiger partial charge in [-0.15, -0.1) is 0 Å². The molecule has 124 valence electrons. The van der Waals surface area contributed by atoms with Gasteiger partial charge in [0.25, 0.3) is 0 Å². The van der Waals surface area contributed by atoms with Crippen LogP contribution in [0.2, 0.25) is 0 Å². The molecule has 0 bridgehead atoms. The number of ketones is 2. The summed E-state index contributed by atoms with van der Waals surface area (Å²) in [4.78, 5) is 35.3. The fourth-order valence-electron chi connectivity index (χ4n) is 3.73. The maximum atomic E-state index is 12.1. The quantitative estimate of drug-likeness (QED) is 0.429. The van der Waals surface area contributed by atoms with Gasteiger partial charge in [0.1, 0.15) is 17.5 Å². The molecule has 22 heavy (non-hydrogen) atoms. The molecular weight excluding hydrogens is 280 g/mol. The number of ether oxygens (including phenoxy) is 1. The molecule has 0 amide bonds. The zero-order valence-corrected chi connectivity index (χ0v) is 14.0. The minimum atomic E-state index is -0.545. The Hall–Kier alpha value is -1.19. The van der Waals surface area contributed by atoms with Gasteiger partial charge in [0, 0.05) is 19.3 Å². The molecule has 4 nitrogen and oxygen atoms in total. The number of hydrogen-bond acceptors (Lipinski definition) is 4. The van der Waals surface area contributed by atoms with E-state index < -0.39 is 5.92 Å². The fraction of sp³-hybridized carbons (Fsp3) is 0.833. The van der Waals surface area contributed by atoms with Gasteiger partial charge >= 0.3 is 5.97 Å². The number of carbonyl (C=O) groups is 3. The van der Waals surface area contributed by atoms with E-state index >= 15 is 0 Å². The van der Waals surface area contributed by atoms with Crippen molar-refractivity contribution in [3.63, 3.8) is 0 Å². The molecule has 2 aliphatic carbocycles. The number of hydrogen-bond donors (Lipinski definition) is 0. The highest BCUT2D eigenvalue weighted by Gasteiger charge is 2.39. The second-order valence-electron chi connectivity index (χ2n) is 7.76. The van der Waals surface area contributed by atoms with Gasteiger partial charge < -0.3 is 4.74 Å². The van der Waals surface area contributed by atoms with E-state index in [2.05, 4.69) is 20.8 Å². The third kappa shape index (κ3) is 4.17. The van der Waals surface area contributed by atoms with Gasteiger partial charge in [-0.2, -0.15) is 0 Å². The fourth-order valence-corrected chi connectivity index (χ4v) is 3.73. The summed E-state index contributed by atoms with van der Waals surface area (Å²) in [5.41, 5.74) is 0.0788. The van der Waals surface area contributed by atoms with Crippen LogP contribution in [0, 0.1) is 23.2 Å². The first-order chi connectivity index (χ1) is 10.3. The molecule has 3 atom stereocenters. The molecule has 4 heteroatoms. The lowest BCUT2D eigenvalue weighted by atomic mass is 9.84. The van der Waals surface area contributed by atoms with Crippen molar-refractivity contribution in [2.75, 3.05) is 6.61 Å². The predicted octanol–water partition coefficient (Wildman–Crippen LogP) is 3.32. The molecule has 2 aliphatic rings. The van der Waals surface area contributed by atoms with Crippen molar-refractivity contribution in [3.05, 3.63) is 0 Å². The molecule has 0 aromatic rings. The normalized spacial score (nSPS) is 32.0. The Morgan fingerprint density at radius 1 is 1.36 bits per heavy atom. The highest BCUT2D eigenvalue weighted by molar-refractivity contribution is 6.00. The van der Waals surface area contributed by atoms with E-state index in [4.69, 9.17) is 4.74 Å². The number of carbonyl (C=O) groups excluding carboxylic acids is 3. The molecule has 2 rings (SSSR count). The summed E-state index contributed by atoms with van der Waals surface area (Å²) < 4.78 is 5.31. The second kappa shape index (κ2) is 6.93. The van der Waals surface area contributed by atoms with Gasteiger partial charge in [0.15, 0.2) is 0 Å². The monoisotopic (exact) mass is 308 g/mol. The largest absolute Gasteiger partial charge is 0.465 e. The van der Waals surface area contributed by atoms with Crippen molar-refractivity contribution in [2.24, 2.45) is 23.2 Å². The van der Waals surface area contributed by atoms with Gasteiger partial charge in [-0.3, -0.25) is 14.4 Å². The highest BCUT2D eigenvalue weighted by atomic mass is 16.5. The Labute approximate surface area is 133 Å². The van der Waals surface area contributed by atoms with Gasteiger partial charge in [0.2, 0.25) is 0 Å². The summed E-state index contributed by atoms with van der Waals surface area (Å²) in [6, 6.07) is 0. The van der Waals surface area contributed by atoms with Crippen LogP contribution in [0.25, 0.3) is 0 Å². The van der Waals surface area contributed by atoms with Crippen molar-refractivity contribution < 1.29 is 19.1 Å². The minimum absolute atomic E-state index is 0.0389. The van der Waals surface area contributed by atoms with E-state index in [1.807, 2.05) is 0 Å². The lowest BCUT2D eigenvalue weighted by Gasteiger charge is -2.22. The summed E-state index contributed by atoms with van der Waals surface area (Å²) in [7, 11) is 0. The first kappa shape index (κ1) is 17.2. The van der Waals surface area contributed by atoms with Crippen LogP contribution >= 0.6 is 0 Å². The molecular formula is C18H28O4. The lowest BCUT2D eigenvalue weighted by molar-refractivity contribution is -0.151. The van der Waals surface area contributed by atoms with Crippen LogP contribution in [0.5, 0.6) is 0 Å². The molecule has 2 fully saturated rings. The zero-order valence-electron chi connectivity index (χ0n) is 14.0. The molecule has 0 aromatic carbocycles. The number of Topliss-reactive ketones (excluding diaryl/α,β-unsaturated/α-hetero) is 2. The van der Waals surface area contributed by atoms with Crippen LogP contribution in [0.3, 0.4) is 0 Å². The molecule has 0 heterocycles. The lowest BCUT2D eigenvalue weighted by Crippen LogP contribution is -2.22. The van der Waals surface area contributed by atoms with Gasteiger partial charge in [-0.05, 0) is 42.9 Å². The first-order valence-corrected chi connectivity index (χ1v) is 8.52. The maximum absolute atomic E-state index is 12.1. The molecule has 2 unspecified atom stereocenters. The van der Waals surface area contributed by atoms with Crippen molar-refractivity contribution in [2.45, 2.75) is 65.7 Å². The summed E-state index contributed by atoms with van der Waals surface area (Å²) in [5.74, 6) is 0.236. The molecule has 2 saturated carbocycles. The maximum Gasteiger partial charge on any atom is 0.316 e. The Balaban J connectivity index is 1.70. The molecule has 0 saturated heterocycles. The van der Waals surface area contributed by atoms with E-state index in [0.717, 1.165) is 19.3 Å². The first-order valence-electron chi connectivity index (χ1n) is 8.52. The molecule has 0 spiro atoms. The van der Waals surface area contributed by atoms with Crippen LogP contribution in [0.15, 0.2) is 0 Å². The van der Waals surface area contributed by atoms with E-state index in [-0.39, 0.29) is 17.2 Å². The summed E-state index contributed by atoms with van der Waals surface area (Å²) >= 11 is 0. The standard InChI is InChI=1S/C18H28O4/c1-12(2)13-9-15(16(20)10-13)17(21)22-8-4-6-18(3)7-5-14(19)11-18/h12-13,15H,4-11H2,1-3H3/t13?,15?,18-/m0/s1. The average molecular weight is 308 g/mol. The average Bonchev–Trinajstić information content (AvgIpc) is 2.98. The molecule has 0 aromatic heterocycles. The van der Waals surface area contributed by atoms with E-state index in [1.165, 1.54) is 0 Å². The minimum Gasteiger partial charge on any atom is -0.465 e. The van der Waals surface area contributed by atoms with Crippen LogP contribution < -0.4 is 0 Å². The molecule has 0 aliphatic heterocycles. The van der Waals surface area contributed by atoms with E-state index in [1.54, 1.807) is 0 Å². The third-order valence-corrected chi connectivity index (χ3v) is 5.42. The van der Waals surface area contributed by atoms with Crippen molar-refractivity contribution in [1.82, 2.24) is 0 Å². The Kier molecular flexibility index (Phi) is 5.41. The van der Waals surface area contributed by atoms with Gasteiger partial charge in [0.05, 0.1) is 6.61 Å². The highest BCUT2D eigenvalue weighted by Crippen LogP contribution is 2.39. The number of rotatable bonds is 6. The topological polar surface area (TPSA) is 60.4 Å². The van der Waals surface area contributed by atoms with Crippen molar-refractivity contribution >= 4 is 17.5 Å². The van der Waals surface area contributed by atoms with Crippen molar-refractivity contribution in [3.8, 4) is 0 Å². The molecule has 0 N–H and O–H groups in total. The smallest absolute Gasteiger partial charge is 0.316 e. The van der Waals surface area contributed by atoms with Crippen LogP contribution in [-0.4, -0.2) is 24.1 Å². The third-order valence-electron chi connectivity index (χ3n) is 5.42. The summed E-state index contributed by atoms with van der Waals surface area (Å²) in [6.45, 7) is 6.68. The Morgan fingerprint density at radius 2 is 2.09 bits per heavy atom. The van der Waals surface area contributed by atoms with Gasteiger partial charge in [-0.1, -0.05) is 20.8 Å². The number of esters is 1. The SMILES string of the molecule is CC(C)C1CC(=O)C(C(=O)OCCC[C@@]2(C)CCC(=O)C2)C1. The van der Waals surface area contributed by atoms with E-state index in [0.29, 0.717) is 49.9 Å². The zero-order chi connectivity index (χ0) is 16.3. The van der Waals surface area contributed by atoms with Gasteiger partial charge in [-0.25, -0.2) is 0 Å². The van der Waals surface area contributed by atoms with Crippen LogP contribution in [-0.2, 0) is 19.1 Å². The predicted molar refractivity (Wildman–Crippen MR) is 83.2 cm³/mol.